The molecule has 1 aliphatic heterocycles. The number of aryl methyl sites for hydroxylation is 2. The molecule has 0 radical (unpaired) electrons. The number of carbonyl (C=O) groups excluding carboxylic acids is 1. The molecule has 31 heavy (non-hydrogen) atoms. The Labute approximate surface area is 181 Å². The molecule has 2 heterocycles. The summed E-state index contributed by atoms with van der Waals surface area (Å²) in [7, 11) is 2.04. The first-order valence-corrected chi connectivity index (χ1v) is 10.3. The number of anilines is 1. The van der Waals surface area contributed by atoms with Gasteiger partial charge in [0.15, 0.2) is 0 Å². The van der Waals surface area contributed by atoms with Crippen LogP contribution in [0.1, 0.15) is 17.0 Å². The third kappa shape index (κ3) is 4.74. The minimum absolute atomic E-state index is 0.118. The number of carbonyl (C=O) groups is 1. The van der Waals surface area contributed by atoms with Gasteiger partial charge < -0.3 is 14.2 Å². The van der Waals surface area contributed by atoms with Crippen molar-refractivity contribution in [1.82, 2.24) is 20.0 Å². The summed E-state index contributed by atoms with van der Waals surface area (Å²) in [6.07, 6.45) is 0. The van der Waals surface area contributed by atoms with Crippen LogP contribution < -0.4 is 4.90 Å². The van der Waals surface area contributed by atoms with Crippen molar-refractivity contribution in [2.45, 2.75) is 20.4 Å². The van der Waals surface area contributed by atoms with Crippen molar-refractivity contribution in [2.24, 2.45) is 0 Å². The second kappa shape index (κ2) is 8.85. The van der Waals surface area contributed by atoms with Crippen LogP contribution in [0.2, 0.25) is 0 Å². The summed E-state index contributed by atoms with van der Waals surface area (Å²) in [6.45, 7) is 6.74. The maximum absolute atomic E-state index is 15.0. The first kappa shape index (κ1) is 21.0. The number of aromatic nitrogens is 2. The lowest BCUT2D eigenvalue weighted by atomic mass is 10.1. The van der Waals surface area contributed by atoms with Crippen molar-refractivity contribution in [1.29, 1.82) is 0 Å². The number of benzene rings is 2. The topological polar surface area (TPSA) is 65.7 Å². The lowest BCUT2D eigenvalue weighted by Gasteiger charge is -2.36. The number of piperazine rings is 1. The summed E-state index contributed by atoms with van der Waals surface area (Å²) < 4.78 is 20.4. The van der Waals surface area contributed by atoms with Crippen molar-refractivity contribution in [3.05, 3.63) is 65.3 Å². The van der Waals surface area contributed by atoms with Crippen LogP contribution in [0.15, 0.2) is 46.9 Å². The Morgan fingerprint density at radius 2 is 1.77 bits per heavy atom. The Hall–Kier alpha value is -3.26. The number of hydrogen-bond donors (Lipinski definition) is 0. The summed E-state index contributed by atoms with van der Waals surface area (Å²) in [4.78, 5) is 19.0. The van der Waals surface area contributed by atoms with Gasteiger partial charge in [-0.25, -0.2) is 9.18 Å². The van der Waals surface area contributed by atoms with Crippen LogP contribution in [0.4, 0.5) is 14.9 Å². The Kier molecular flexibility index (Phi) is 5.99. The second-order valence-electron chi connectivity index (χ2n) is 7.93. The van der Waals surface area contributed by atoms with Gasteiger partial charge in [0.2, 0.25) is 11.8 Å². The SMILES string of the molecule is Cc1ccc(N(Cc2ccc(-c3nnc(C)o3)cc2F)C(=O)N2CCN(C)CC2)cc1. The van der Waals surface area contributed by atoms with E-state index in [-0.39, 0.29) is 18.5 Å². The average molecular weight is 423 g/mol. The third-order valence-electron chi connectivity index (χ3n) is 5.50. The van der Waals surface area contributed by atoms with Crippen LogP contribution in [-0.2, 0) is 6.54 Å². The fourth-order valence-electron chi connectivity index (χ4n) is 3.55. The standard InChI is InChI=1S/C23H26FN5O2/c1-16-4-8-20(9-5-16)29(23(30)28-12-10-27(3)11-13-28)15-19-7-6-18(14-21(19)24)22-26-25-17(2)31-22/h4-9,14H,10-13,15H2,1-3H3. The summed E-state index contributed by atoms with van der Waals surface area (Å²) >= 11 is 0. The summed E-state index contributed by atoms with van der Waals surface area (Å²) in [6, 6.07) is 12.4. The van der Waals surface area contributed by atoms with Gasteiger partial charge in [-0.2, -0.15) is 0 Å². The summed E-state index contributed by atoms with van der Waals surface area (Å²) in [5.74, 6) is 0.270. The van der Waals surface area contributed by atoms with E-state index in [4.69, 9.17) is 4.42 Å². The van der Waals surface area contributed by atoms with Gasteiger partial charge in [0.25, 0.3) is 0 Å². The van der Waals surface area contributed by atoms with Crippen molar-refractivity contribution in [3.8, 4) is 11.5 Å². The summed E-state index contributed by atoms with van der Waals surface area (Å²) in [5, 5.41) is 7.73. The third-order valence-corrected chi connectivity index (χ3v) is 5.50. The molecule has 7 nitrogen and oxygen atoms in total. The fourth-order valence-corrected chi connectivity index (χ4v) is 3.55. The smallest absolute Gasteiger partial charge is 0.324 e. The molecule has 1 saturated heterocycles. The molecular weight excluding hydrogens is 397 g/mol. The minimum Gasteiger partial charge on any atom is -0.421 e. The molecule has 1 fully saturated rings. The van der Waals surface area contributed by atoms with Crippen LogP contribution in [0, 0.1) is 19.7 Å². The minimum atomic E-state index is -0.420. The number of urea groups is 1. The molecule has 1 aliphatic rings. The lowest BCUT2D eigenvalue weighted by molar-refractivity contribution is 0.159. The van der Waals surface area contributed by atoms with E-state index in [0.717, 1.165) is 24.3 Å². The van der Waals surface area contributed by atoms with E-state index in [0.29, 0.717) is 30.1 Å². The number of nitrogens with zero attached hydrogens (tertiary/aromatic N) is 5. The highest BCUT2D eigenvalue weighted by atomic mass is 19.1. The number of likely N-dealkylation sites (N-methyl/N-ethyl adjacent to an activating group) is 1. The van der Waals surface area contributed by atoms with Gasteiger partial charge in [0.1, 0.15) is 5.82 Å². The molecule has 0 N–H and O–H groups in total. The molecule has 4 rings (SSSR count). The van der Waals surface area contributed by atoms with E-state index in [1.165, 1.54) is 6.07 Å². The van der Waals surface area contributed by atoms with Crippen molar-refractivity contribution in [2.75, 3.05) is 38.1 Å². The highest BCUT2D eigenvalue weighted by Crippen LogP contribution is 2.25. The van der Waals surface area contributed by atoms with Crippen molar-refractivity contribution < 1.29 is 13.6 Å². The number of amides is 2. The molecule has 0 bridgehead atoms. The van der Waals surface area contributed by atoms with Crippen LogP contribution in [0.5, 0.6) is 0 Å². The van der Waals surface area contributed by atoms with Gasteiger partial charge in [-0.3, -0.25) is 4.90 Å². The average Bonchev–Trinajstić information content (AvgIpc) is 3.20. The fraction of sp³-hybridized carbons (Fsp3) is 0.348. The van der Waals surface area contributed by atoms with Crippen LogP contribution in [-0.4, -0.2) is 59.3 Å². The molecule has 0 aliphatic carbocycles. The van der Waals surface area contributed by atoms with Gasteiger partial charge in [-0.05, 0) is 38.2 Å². The predicted octanol–water partition coefficient (Wildman–Crippen LogP) is 3.87. The largest absolute Gasteiger partial charge is 0.421 e. The quantitative estimate of drug-likeness (QED) is 0.637. The molecule has 0 atom stereocenters. The lowest BCUT2D eigenvalue weighted by Crippen LogP contribution is -2.52. The highest BCUT2D eigenvalue weighted by molar-refractivity contribution is 5.92. The van der Waals surface area contributed by atoms with Gasteiger partial charge in [-0.1, -0.05) is 23.8 Å². The molecule has 8 heteroatoms. The zero-order valence-corrected chi connectivity index (χ0v) is 18.0. The molecule has 2 aromatic carbocycles. The Bertz CT molecular complexity index is 1060. The van der Waals surface area contributed by atoms with Crippen molar-refractivity contribution in [3.63, 3.8) is 0 Å². The van der Waals surface area contributed by atoms with Gasteiger partial charge >= 0.3 is 6.03 Å². The van der Waals surface area contributed by atoms with Crippen LogP contribution >= 0.6 is 0 Å². The molecule has 2 amide bonds. The molecule has 1 aromatic heterocycles. The number of rotatable bonds is 4. The number of halogens is 1. The van der Waals surface area contributed by atoms with Crippen LogP contribution in [0.3, 0.4) is 0 Å². The second-order valence-corrected chi connectivity index (χ2v) is 7.93. The monoisotopic (exact) mass is 423 g/mol. The maximum atomic E-state index is 15.0. The molecule has 0 saturated carbocycles. The molecule has 162 valence electrons. The van der Waals surface area contributed by atoms with Gasteiger partial charge in [-0.15, -0.1) is 10.2 Å². The van der Waals surface area contributed by atoms with E-state index in [1.54, 1.807) is 24.0 Å². The molecule has 0 spiro atoms. The zero-order valence-electron chi connectivity index (χ0n) is 18.0. The van der Waals surface area contributed by atoms with Gasteiger partial charge in [0, 0.05) is 49.9 Å². The Morgan fingerprint density at radius 3 is 2.39 bits per heavy atom. The molecule has 0 unspecified atom stereocenters. The summed E-state index contributed by atoms with van der Waals surface area (Å²) in [5.41, 5.74) is 2.77. The predicted molar refractivity (Wildman–Crippen MR) is 116 cm³/mol. The van der Waals surface area contributed by atoms with Crippen LogP contribution in [0.25, 0.3) is 11.5 Å². The maximum Gasteiger partial charge on any atom is 0.324 e. The van der Waals surface area contributed by atoms with E-state index in [1.807, 2.05) is 43.1 Å². The van der Waals surface area contributed by atoms with Gasteiger partial charge in [0.05, 0.1) is 6.54 Å². The Balaban J connectivity index is 1.61. The first-order chi connectivity index (χ1) is 14.9. The van der Waals surface area contributed by atoms with E-state index in [9.17, 15) is 9.18 Å². The zero-order chi connectivity index (χ0) is 22.0. The van der Waals surface area contributed by atoms with E-state index < -0.39 is 5.82 Å². The highest BCUT2D eigenvalue weighted by Gasteiger charge is 2.26. The Morgan fingerprint density at radius 1 is 1.06 bits per heavy atom. The molecular formula is C23H26FN5O2. The number of hydrogen-bond acceptors (Lipinski definition) is 5. The first-order valence-electron chi connectivity index (χ1n) is 10.3. The van der Waals surface area contributed by atoms with E-state index >= 15 is 0 Å². The molecule has 3 aromatic rings. The van der Waals surface area contributed by atoms with Crippen molar-refractivity contribution >= 4 is 11.7 Å². The van der Waals surface area contributed by atoms with E-state index in [2.05, 4.69) is 15.1 Å². The normalized spacial score (nSPS) is 14.6.